The van der Waals surface area contributed by atoms with E-state index in [4.69, 9.17) is 9.11 Å². The molecule has 0 saturated carbocycles. The Morgan fingerprint density at radius 2 is 1.21 bits per heavy atom. The number of hydrogen-bond acceptors (Lipinski definition) is 4. The third kappa shape index (κ3) is 2.87. The van der Waals surface area contributed by atoms with Crippen LogP contribution in [0.3, 0.4) is 0 Å². The monoisotopic (exact) mass is 306 g/mol. The van der Waals surface area contributed by atoms with Gasteiger partial charge >= 0.3 is 20.2 Å². The Morgan fingerprint density at radius 3 is 1.53 bits per heavy atom. The summed E-state index contributed by atoms with van der Waals surface area (Å²) in [7, 11) is -8.84. The van der Waals surface area contributed by atoms with E-state index in [1.165, 1.54) is 24.5 Å². The van der Waals surface area contributed by atoms with Gasteiger partial charge in [0.2, 0.25) is 0 Å². The van der Waals surface area contributed by atoms with Gasteiger partial charge < -0.3 is 9.97 Å². The molecule has 0 aliphatic heterocycles. The summed E-state index contributed by atoms with van der Waals surface area (Å²) in [5, 5.41) is -0.815. The molecule has 0 fully saturated rings. The van der Waals surface area contributed by atoms with Gasteiger partial charge in [-0.2, -0.15) is 16.8 Å². The molecule has 0 spiro atoms. The Hall–Kier alpha value is -1.62. The molecule has 19 heavy (non-hydrogen) atoms. The summed E-state index contributed by atoms with van der Waals surface area (Å²) in [5.74, 6) is 0. The van der Waals surface area contributed by atoms with Crippen LogP contribution in [0.5, 0.6) is 0 Å². The topological polar surface area (TPSA) is 140 Å². The second-order valence-electron chi connectivity index (χ2n) is 3.79. The van der Waals surface area contributed by atoms with Gasteiger partial charge in [0.25, 0.3) is 0 Å². The van der Waals surface area contributed by atoms with Crippen LogP contribution in [-0.4, -0.2) is 35.9 Å². The lowest BCUT2D eigenvalue weighted by Crippen LogP contribution is -2.05. The summed E-state index contributed by atoms with van der Waals surface area (Å²) < 4.78 is 62.3. The molecule has 0 bridgehead atoms. The molecule has 0 saturated heterocycles. The molecule has 2 rings (SSSR count). The fourth-order valence-corrected chi connectivity index (χ4v) is 3.11. The fraction of sp³-hybridized carbons (Fsp3) is 0.111. The Kier molecular flexibility index (Phi) is 3.26. The molecule has 0 aliphatic carbocycles. The lowest BCUT2D eigenvalue weighted by molar-refractivity contribution is 0.478. The van der Waals surface area contributed by atoms with Crippen molar-refractivity contribution in [2.24, 2.45) is 0 Å². The van der Waals surface area contributed by atoms with Crippen molar-refractivity contribution >= 4 is 20.2 Å². The van der Waals surface area contributed by atoms with Gasteiger partial charge in [0.1, 0.15) is 0 Å². The van der Waals surface area contributed by atoms with Crippen LogP contribution in [-0.2, 0) is 26.7 Å². The summed E-state index contributed by atoms with van der Waals surface area (Å²) in [6, 6.07) is 2.79. The average Bonchev–Trinajstić information content (AvgIpc) is 2.83. The number of aromatic amines is 2. The van der Waals surface area contributed by atoms with E-state index in [2.05, 4.69) is 9.97 Å². The number of H-pyrrole nitrogens is 2. The van der Waals surface area contributed by atoms with Gasteiger partial charge in [0.05, 0.1) is 0 Å². The number of nitrogens with one attached hydrogen (secondary N) is 2. The summed E-state index contributed by atoms with van der Waals surface area (Å²) >= 11 is 0. The number of aromatic nitrogens is 2. The van der Waals surface area contributed by atoms with Crippen LogP contribution in [0.15, 0.2) is 34.6 Å². The van der Waals surface area contributed by atoms with Gasteiger partial charge in [-0.25, -0.2) is 0 Å². The van der Waals surface area contributed by atoms with E-state index in [0.29, 0.717) is 0 Å². The average molecular weight is 306 g/mol. The van der Waals surface area contributed by atoms with Gasteiger partial charge in [-0.1, -0.05) is 0 Å². The van der Waals surface area contributed by atoms with E-state index in [9.17, 15) is 16.8 Å². The summed E-state index contributed by atoms with van der Waals surface area (Å²) in [6.07, 6.45) is 2.52. The van der Waals surface area contributed by atoms with E-state index >= 15 is 0 Å². The Labute approximate surface area is 109 Å². The molecule has 10 heteroatoms. The van der Waals surface area contributed by atoms with Crippen molar-refractivity contribution in [2.75, 3.05) is 0 Å². The molecule has 104 valence electrons. The first-order valence-corrected chi connectivity index (χ1v) is 7.85. The first kappa shape index (κ1) is 13.8. The van der Waals surface area contributed by atoms with E-state index in [0.717, 1.165) is 0 Å². The maximum Gasteiger partial charge on any atom is 0.310 e. The lowest BCUT2D eigenvalue weighted by atomic mass is 10.1. The van der Waals surface area contributed by atoms with Crippen LogP contribution >= 0.6 is 0 Å². The van der Waals surface area contributed by atoms with Gasteiger partial charge in [0.15, 0.2) is 10.1 Å². The molecule has 4 N–H and O–H groups in total. The molecule has 0 radical (unpaired) electrons. The quantitative estimate of drug-likeness (QED) is 0.604. The third-order valence-electron chi connectivity index (χ3n) is 2.48. The highest BCUT2D eigenvalue weighted by molar-refractivity contribution is 7.86. The normalized spacial score (nSPS) is 12.7. The molecular formula is C9H10N2O6S2. The zero-order valence-corrected chi connectivity index (χ0v) is 11.0. The number of hydrogen-bond donors (Lipinski definition) is 4. The molecule has 8 nitrogen and oxygen atoms in total. The van der Waals surface area contributed by atoms with Crippen LogP contribution in [0.2, 0.25) is 0 Å². The summed E-state index contributed by atoms with van der Waals surface area (Å²) in [4.78, 5) is 4.71. The van der Waals surface area contributed by atoms with Crippen LogP contribution in [0, 0.1) is 0 Å². The van der Waals surface area contributed by atoms with Gasteiger partial charge in [-0.15, -0.1) is 0 Å². The second kappa shape index (κ2) is 4.49. The first-order valence-electron chi connectivity index (χ1n) is 4.97. The van der Waals surface area contributed by atoms with Crippen molar-refractivity contribution < 1.29 is 25.9 Å². The van der Waals surface area contributed by atoms with Crippen LogP contribution in [0.4, 0.5) is 0 Å². The highest BCUT2D eigenvalue weighted by Gasteiger charge is 2.21. The maximum atomic E-state index is 11.1. The Morgan fingerprint density at radius 1 is 0.842 bits per heavy atom. The van der Waals surface area contributed by atoms with Crippen molar-refractivity contribution in [3.8, 4) is 0 Å². The molecule has 2 aromatic heterocycles. The SMILES string of the molecule is O=S(=O)(O)c1[nH]ccc1Cc1cc[nH]c1S(=O)(=O)O. The van der Waals surface area contributed by atoms with Crippen LogP contribution in [0.25, 0.3) is 0 Å². The van der Waals surface area contributed by atoms with Gasteiger partial charge in [-0.3, -0.25) is 9.11 Å². The van der Waals surface area contributed by atoms with E-state index in [1.54, 1.807) is 0 Å². The molecule has 2 heterocycles. The lowest BCUT2D eigenvalue weighted by Gasteiger charge is -2.02. The van der Waals surface area contributed by atoms with E-state index in [-0.39, 0.29) is 17.5 Å². The van der Waals surface area contributed by atoms with Crippen molar-refractivity contribution in [1.82, 2.24) is 9.97 Å². The van der Waals surface area contributed by atoms with Crippen LogP contribution in [0.1, 0.15) is 11.1 Å². The van der Waals surface area contributed by atoms with Crippen molar-refractivity contribution in [3.05, 3.63) is 35.7 Å². The summed E-state index contributed by atoms with van der Waals surface area (Å²) in [6.45, 7) is 0. The molecule has 0 aromatic carbocycles. The summed E-state index contributed by atoms with van der Waals surface area (Å²) in [5.41, 5.74) is 0.374. The molecule has 0 amide bonds. The minimum atomic E-state index is -4.42. The van der Waals surface area contributed by atoms with Gasteiger partial charge in [-0.05, 0) is 23.3 Å². The molecule has 0 atom stereocenters. The smallest absolute Gasteiger partial charge is 0.310 e. The standard InChI is InChI=1S/C9H10N2O6S2/c12-18(13,14)8-6(1-3-10-8)5-7-2-4-11-9(7)19(15,16)17/h1-4,10-11H,5H2,(H,12,13,14)(H,15,16,17). The zero-order valence-electron chi connectivity index (χ0n) is 9.36. The largest absolute Gasteiger partial charge is 0.350 e. The van der Waals surface area contributed by atoms with Crippen LogP contribution < -0.4 is 0 Å². The molecular weight excluding hydrogens is 296 g/mol. The first-order chi connectivity index (χ1) is 8.69. The zero-order chi connectivity index (χ0) is 14.3. The Balaban J connectivity index is 2.45. The highest BCUT2D eigenvalue weighted by Crippen LogP contribution is 2.21. The molecule has 0 unspecified atom stereocenters. The second-order valence-corrected chi connectivity index (χ2v) is 6.51. The van der Waals surface area contributed by atoms with Crippen molar-refractivity contribution in [1.29, 1.82) is 0 Å². The van der Waals surface area contributed by atoms with E-state index < -0.39 is 30.3 Å². The number of rotatable bonds is 4. The van der Waals surface area contributed by atoms with Crippen molar-refractivity contribution in [2.45, 2.75) is 16.5 Å². The fourth-order valence-electron chi connectivity index (χ4n) is 1.74. The maximum absolute atomic E-state index is 11.1. The highest BCUT2D eigenvalue weighted by atomic mass is 32.2. The van der Waals surface area contributed by atoms with E-state index in [1.807, 2.05) is 0 Å². The molecule has 0 aliphatic rings. The third-order valence-corrected chi connectivity index (χ3v) is 4.27. The van der Waals surface area contributed by atoms with Crippen molar-refractivity contribution in [3.63, 3.8) is 0 Å². The Bertz CT molecular complexity index is 731. The minimum Gasteiger partial charge on any atom is -0.350 e. The predicted octanol–water partition coefficient (Wildman–Crippen LogP) is 0.427. The molecule has 2 aromatic rings. The minimum absolute atomic E-state index is 0.0861. The van der Waals surface area contributed by atoms with Gasteiger partial charge in [0, 0.05) is 18.8 Å². The predicted molar refractivity (Wildman–Crippen MR) is 64.0 cm³/mol.